The van der Waals surface area contributed by atoms with Gasteiger partial charge in [0.05, 0.1) is 36.8 Å². The fourth-order valence-electron chi connectivity index (χ4n) is 11.6. The van der Waals surface area contributed by atoms with Crippen LogP contribution in [0.5, 0.6) is 5.75 Å². The number of thiazole rings is 1. The van der Waals surface area contributed by atoms with Crippen LogP contribution in [0.2, 0.25) is 0 Å². The minimum atomic E-state index is -0.610. The maximum Gasteiger partial charge on any atom is 0.319 e. The molecule has 5 atom stereocenters. The maximum absolute atomic E-state index is 13.5. The topological polar surface area (TPSA) is 407 Å². The smallest absolute Gasteiger partial charge is 0.319 e. The average Bonchev–Trinajstić information content (AvgIpc) is 1.07. The van der Waals surface area contributed by atoms with E-state index in [-0.39, 0.29) is 64.8 Å². The monoisotopic (exact) mass is 1620 g/mol. The molecule has 9 amide bonds. The number of aryl methyl sites for hydroxylation is 2. The maximum atomic E-state index is 13.5. The largest absolute Gasteiger partial charge is 0.497 e. The summed E-state index contributed by atoms with van der Waals surface area (Å²) < 4.78 is 20.3. The van der Waals surface area contributed by atoms with Gasteiger partial charge in [-0.3, -0.25) is 64.0 Å². The number of aliphatic hydroxyl groups excluding tert-OH is 1. The third kappa shape index (κ3) is 27.3. The first-order chi connectivity index (χ1) is 56.4. The van der Waals surface area contributed by atoms with Gasteiger partial charge in [-0.25, -0.2) is 36.1 Å². The van der Waals surface area contributed by atoms with Crippen LogP contribution in [0, 0.1) is 18.2 Å². The number of hydrogen-bond donors (Lipinski definition) is 14. The molecule has 2 aromatic heterocycles. The number of methoxy groups -OCH3 is 1. The molecular weight excluding hydrogens is 1530 g/mol. The summed E-state index contributed by atoms with van der Waals surface area (Å²) in [6.07, 6.45) is 2.17. The van der Waals surface area contributed by atoms with Gasteiger partial charge >= 0.3 is 6.03 Å². The lowest BCUT2D eigenvalue weighted by atomic mass is 9.82. The molecule has 0 aliphatic carbocycles. The second-order valence-corrected chi connectivity index (χ2v) is 28.7. The first-order valence-corrected chi connectivity index (χ1v) is 37.8. The summed E-state index contributed by atoms with van der Waals surface area (Å²) in [6, 6.07) is 64.6. The van der Waals surface area contributed by atoms with Gasteiger partial charge in [-0.2, -0.15) is 0 Å². The standard InChI is InChI=1S/C24H22O3.C17H18FN3O3.C17H18N2O4.C16H19N3O3S.C15H17N3O3/c1-17(21-8-5-9-22(15-21)24(27)16-25)14-23(26)20-12-10-19(11-13-20)18-6-3-2-4-7-18;1-10-3-8-14(9-15(10)18)20-17(23)19-11(2)12-4-6-13(7-5-12)16(22)21-24;1-11(12-3-5-14(6-4-12)17(21)19-22)18-16(20)13-7-9-15(23-2)10-8-13;1-16(2,3)13(18-15(21)12-8-23-9-17-12)10-4-6-11(7-5-10)14(20)19-22;1-10(16-15(20)13-4-3-9-18(13)2)11-5-7-12(8-6-11)14(19)17-21/h2-13,15,17,25H,14,16H2,1H3;3-9,11,24H,1-2H3,(H,21,22)(H2,19,20,23);3-11,22H,1-2H3,(H,18,20)(H,19,21);4-9,13,22H,1-3H3,(H,18,21)(H,19,20);3-10,21H,1-2H3,(H,16,20)(H,17,19)/t17-;;11-;;10-/m0.1.0/s1. The summed E-state index contributed by atoms with van der Waals surface area (Å²) in [4.78, 5) is 122. The van der Waals surface area contributed by atoms with Crippen molar-refractivity contribution in [3.8, 4) is 16.9 Å². The number of benzene rings is 9. The van der Waals surface area contributed by atoms with E-state index in [0.717, 1.165) is 38.9 Å². The highest BCUT2D eigenvalue weighted by Crippen LogP contribution is 2.34. The van der Waals surface area contributed by atoms with Gasteiger partial charge in [0.25, 0.3) is 41.4 Å². The number of carbonyl (C=O) groups excluding carboxylic acids is 10. The van der Waals surface area contributed by atoms with Crippen molar-refractivity contribution in [3.63, 3.8) is 0 Å². The lowest BCUT2D eigenvalue weighted by Gasteiger charge is -2.32. The van der Waals surface area contributed by atoms with Crippen molar-refractivity contribution in [2.75, 3.05) is 19.0 Å². The average molecular weight is 1620 g/mol. The molecule has 29 heteroatoms. The second kappa shape index (κ2) is 44.8. The number of halogens is 1. The van der Waals surface area contributed by atoms with Crippen LogP contribution in [-0.2, 0) is 7.05 Å². The van der Waals surface area contributed by atoms with Crippen LogP contribution < -0.4 is 53.2 Å². The van der Waals surface area contributed by atoms with Crippen molar-refractivity contribution >= 4 is 76.0 Å². The van der Waals surface area contributed by atoms with Gasteiger partial charge in [-0.1, -0.05) is 155 Å². The zero-order valence-corrected chi connectivity index (χ0v) is 67.2. The third-order valence-corrected chi connectivity index (χ3v) is 19.1. The van der Waals surface area contributed by atoms with Gasteiger partial charge < -0.3 is 41.0 Å². The number of aliphatic hydroxyl groups is 1. The highest BCUT2D eigenvalue weighted by molar-refractivity contribution is 7.07. The van der Waals surface area contributed by atoms with Gasteiger partial charge in [0.2, 0.25) is 0 Å². The number of rotatable bonds is 24. The number of nitrogens with one attached hydrogen (secondary N) is 9. The quantitative estimate of drug-likeness (QED) is 0.0152. The first-order valence-electron chi connectivity index (χ1n) is 36.9. The third-order valence-electron chi connectivity index (χ3n) is 18.5. The van der Waals surface area contributed by atoms with Crippen LogP contribution in [-0.4, -0.2) is 108 Å². The van der Waals surface area contributed by atoms with E-state index in [0.29, 0.717) is 73.8 Å². The predicted octanol–water partition coefficient (Wildman–Crippen LogP) is 14.8. The number of ketones is 2. The van der Waals surface area contributed by atoms with E-state index in [9.17, 15) is 52.3 Å². The van der Waals surface area contributed by atoms with E-state index in [1.807, 2.05) is 122 Å². The zero-order chi connectivity index (χ0) is 86.2. The van der Waals surface area contributed by atoms with Gasteiger partial charge in [0.1, 0.15) is 29.6 Å². The van der Waals surface area contributed by atoms with Crippen molar-refractivity contribution in [2.45, 2.75) is 91.9 Å². The lowest BCUT2D eigenvalue weighted by molar-refractivity contribution is 0.0702. The molecule has 0 bridgehead atoms. The molecule has 9 aromatic carbocycles. The fourth-order valence-corrected chi connectivity index (χ4v) is 12.1. The van der Waals surface area contributed by atoms with E-state index in [2.05, 4.69) is 31.6 Å². The van der Waals surface area contributed by atoms with Crippen molar-refractivity contribution in [1.29, 1.82) is 0 Å². The van der Waals surface area contributed by atoms with E-state index >= 15 is 0 Å². The van der Waals surface area contributed by atoms with E-state index in [1.165, 1.54) is 29.5 Å². The number of hydrogen-bond acceptors (Lipinski definition) is 18. The summed E-state index contributed by atoms with van der Waals surface area (Å²) in [6.45, 7) is 14.7. The van der Waals surface area contributed by atoms with Crippen LogP contribution in [0.3, 0.4) is 0 Å². The Morgan fingerprint density at radius 2 is 0.924 bits per heavy atom. The number of urea groups is 1. The summed E-state index contributed by atoms with van der Waals surface area (Å²) >= 11 is 1.37. The van der Waals surface area contributed by atoms with Crippen LogP contribution in [0.25, 0.3) is 11.1 Å². The number of Topliss-reactive ketones (excluding diaryl/α,β-unsaturated/α-hetero) is 2. The SMILES string of the molecule is CC(C)(C)C(NC(=O)c1cscn1)c1ccc(C(=O)NO)cc1.COc1ccc(C(=O)N[C@H](C)c2ccc(C(=O)NO)cc2)cc1.C[C@@H](CC(=O)c1ccc(-c2ccccc2)cc1)c1cccc(C(=O)CO)c1.C[C@H](NC(=O)c1cccn1C)c1ccc(C(=O)NO)cc1.Cc1ccc(NC(=O)NC(C)c2ccc(C(=O)NO)cc2)cc1F. The zero-order valence-electron chi connectivity index (χ0n) is 66.4. The van der Waals surface area contributed by atoms with Crippen molar-refractivity contribution < 1.29 is 83.0 Å². The molecular formula is C89H94FN11O16S. The molecule has 27 nitrogen and oxygen atoms in total. The Balaban J connectivity index is 0.000000204. The molecule has 0 radical (unpaired) electrons. The summed E-state index contributed by atoms with van der Waals surface area (Å²) in [5, 5.41) is 59.1. The highest BCUT2D eigenvalue weighted by Gasteiger charge is 2.29. The molecule has 614 valence electrons. The molecule has 0 saturated heterocycles. The number of amides is 9. The first kappa shape index (κ1) is 91.5. The number of hydroxylamine groups is 4. The molecule has 0 saturated carbocycles. The molecule has 118 heavy (non-hydrogen) atoms. The molecule has 11 rings (SSSR count). The molecule has 14 N–H and O–H groups in total. The molecule has 0 fully saturated rings. The Morgan fingerprint density at radius 3 is 1.36 bits per heavy atom. The predicted molar refractivity (Wildman–Crippen MR) is 444 cm³/mol. The fraction of sp³-hybridized carbons (Fsp3) is 0.202. The van der Waals surface area contributed by atoms with E-state index in [4.69, 9.17) is 30.7 Å². The Labute approximate surface area is 685 Å². The lowest BCUT2D eigenvalue weighted by Crippen LogP contribution is -2.36. The van der Waals surface area contributed by atoms with Crippen LogP contribution in [0.4, 0.5) is 14.9 Å². The molecule has 0 aliphatic rings. The Bertz CT molecular complexity index is 5190. The van der Waals surface area contributed by atoms with Gasteiger partial charge in [-0.05, 0) is 187 Å². The Kier molecular flexibility index (Phi) is 34.8. The summed E-state index contributed by atoms with van der Waals surface area (Å²) in [5.41, 5.74) is 19.0. The van der Waals surface area contributed by atoms with Crippen LogP contribution in [0.1, 0.15) is 212 Å². The Hall–Kier alpha value is -13.7. The van der Waals surface area contributed by atoms with Gasteiger partial charge in [-0.15, -0.1) is 11.3 Å². The molecule has 2 heterocycles. The number of carbonyl (C=O) groups is 10. The van der Waals surface area contributed by atoms with E-state index < -0.39 is 42.1 Å². The normalized spacial score (nSPS) is 11.8. The number of ether oxygens (including phenoxy) is 1. The molecule has 2 unspecified atom stereocenters. The van der Waals surface area contributed by atoms with Crippen LogP contribution in [0.15, 0.2) is 248 Å². The summed E-state index contributed by atoms with van der Waals surface area (Å²) in [5.74, 6) is -2.88. The molecule has 0 spiro atoms. The Morgan fingerprint density at radius 1 is 0.466 bits per heavy atom. The van der Waals surface area contributed by atoms with Crippen LogP contribution >= 0.6 is 11.3 Å². The van der Waals surface area contributed by atoms with E-state index in [1.54, 1.807) is 204 Å². The highest BCUT2D eigenvalue weighted by atomic mass is 32.1. The number of nitrogens with zero attached hydrogens (tertiary/aromatic N) is 2. The molecule has 0 aliphatic heterocycles. The second-order valence-electron chi connectivity index (χ2n) is 28.0. The molecule has 11 aromatic rings. The number of aromatic nitrogens is 2. The van der Waals surface area contributed by atoms with Gasteiger partial charge in [0, 0.05) is 69.7 Å². The minimum Gasteiger partial charge on any atom is -0.497 e. The summed E-state index contributed by atoms with van der Waals surface area (Å²) in [7, 11) is 3.37. The number of anilines is 1. The van der Waals surface area contributed by atoms with Crippen molar-refractivity contribution in [2.24, 2.45) is 12.5 Å². The minimum absolute atomic E-state index is 0.0160. The van der Waals surface area contributed by atoms with Gasteiger partial charge in [0.15, 0.2) is 11.6 Å². The van der Waals surface area contributed by atoms with Crippen molar-refractivity contribution in [3.05, 3.63) is 337 Å². The van der Waals surface area contributed by atoms with Crippen molar-refractivity contribution in [1.82, 2.24) is 52.7 Å².